The number of anilines is 1. The van der Waals surface area contributed by atoms with Crippen LogP contribution in [-0.4, -0.2) is 66.0 Å². The van der Waals surface area contributed by atoms with Crippen molar-refractivity contribution < 1.29 is 32.2 Å². The largest absolute Gasteiger partial charge is 0.496 e. The molecular formula is C34H45ClF2N2O6Si. The quantitative estimate of drug-likeness (QED) is 0.126. The molecule has 1 aromatic heterocycles. The molecule has 0 spiro atoms. The monoisotopic (exact) mass is 678 g/mol. The molecule has 1 fully saturated rings. The number of nitrogens with zero attached hydrogens (tertiary/aromatic N) is 2. The van der Waals surface area contributed by atoms with Gasteiger partial charge in [-0.15, -0.1) is 0 Å². The van der Waals surface area contributed by atoms with Gasteiger partial charge < -0.3 is 28.1 Å². The summed E-state index contributed by atoms with van der Waals surface area (Å²) < 4.78 is 55.3. The number of carbonyl (C=O) groups is 1. The zero-order valence-corrected chi connectivity index (χ0v) is 29.9. The Bertz CT molecular complexity index is 1660. The maximum absolute atomic E-state index is 15.5. The molecule has 4 rings (SSSR count). The summed E-state index contributed by atoms with van der Waals surface area (Å²) in [4.78, 5) is 28.5. The van der Waals surface area contributed by atoms with Crippen molar-refractivity contribution in [1.29, 1.82) is 0 Å². The number of hydrogen-bond donors (Lipinski definition) is 0. The molecule has 46 heavy (non-hydrogen) atoms. The molecule has 0 radical (unpaired) electrons. The maximum Gasteiger partial charge on any atom is 0.343 e. The minimum atomic E-state index is -2.14. The van der Waals surface area contributed by atoms with E-state index in [2.05, 4.69) is 47.7 Å². The Morgan fingerprint density at radius 1 is 1.07 bits per heavy atom. The Morgan fingerprint density at radius 3 is 2.28 bits per heavy atom. The van der Waals surface area contributed by atoms with E-state index in [0.717, 1.165) is 0 Å². The van der Waals surface area contributed by atoms with Crippen molar-refractivity contribution in [2.24, 2.45) is 5.92 Å². The Balaban J connectivity index is 1.90. The van der Waals surface area contributed by atoms with Gasteiger partial charge in [-0.1, -0.05) is 46.2 Å². The van der Waals surface area contributed by atoms with Gasteiger partial charge in [0, 0.05) is 37.2 Å². The van der Waals surface area contributed by atoms with Crippen LogP contribution in [0, 0.1) is 17.6 Å². The van der Waals surface area contributed by atoms with Crippen molar-refractivity contribution in [3.05, 3.63) is 68.0 Å². The number of morpholine rings is 1. The highest BCUT2D eigenvalue weighted by molar-refractivity contribution is 6.74. The fraction of sp³-hybridized carbons (Fsp3) is 0.529. The van der Waals surface area contributed by atoms with Gasteiger partial charge >= 0.3 is 5.97 Å². The van der Waals surface area contributed by atoms with Crippen LogP contribution in [0.3, 0.4) is 0 Å². The molecule has 0 N–H and O–H groups in total. The summed E-state index contributed by atoms with van der Waals surface area (Å²) in [5, 5.41) is -0.385. The first kappa shape index (κ1) is 35.9. The fourth-order valence-corrected chi connectivity index (χ4v) is 6.63. The highest BCUT2D eigenvalue weighted by Gasteiger charge is 2.38. The normalized spacial score (nSPS) is 15.0. The third kappa shape index (κ3) is 7.12. The summed E-state index contributed by atoms with van der Waals surface area (Å²) >= 11 is 6.16. The summed E-state index contributed by atoms with van der Waals surface area (Å²) in [6, 6.07) is 4.53. The minimum absolute atomic E-state index is 0.0182. The van der Waals surface area contributed by atoms with E-state index in [4.69, 9.17) is 30.2 Å². The number of methoxy groups -OCH3 is 2. The van der Waals surface area contributed by atoms with Gasteiger partial charge in [0.15, 0.2) is 14.1 Å². The standard InChI is InChI=1S/C34H45ClF2N2O6Si/c1-20(2)27(19-45-46(8,9)34(3,4)5)39-18-24(33(41)43-7)32(40)23-15-21(28(42-6)17-25(23)39)14-22-16-26(31(37)29(35)30(22)36)38-10-12-44-13-11-38/h15-18,20,27H,10-14,19H2,1-9H3/t27-/m1/s1. The van der Waals surface area contributed by atoms with Gasteiger partial charge in [0.2, 0.25) is 5.43 Å². The first-order valence-electron chi connectivity index (χ1n) is 15.5. The molecule has 8 nitrogen and oxygen atoms in total. The first-order chi connectivity index (χ1) is 21.5. The van der Waals surface area contributed by atoms with E-state index in [1.165, 1.54) is 26.5 Å². The molecule has 0 bridgehead atoms. The molecule has 1 atom stereocenters. The number of carbonyl (C=O) groups excluding carboxylic acids is 1. The SMILES string of the molecule is COC(=O)c1cn([C@H](CO[Si](C)(C)C(C)(C)C)C(C)C)c2cc(OC)c(Cc3cc(N4CCOCC4)c(F)c(Cl)c3F)cc2c1=O. The van der Waals surface area contributed by atoms with Crippen LogP contribution in [0.5, 0.6) is 5.75 Å². The Labute approximate surface area is 275 Å². The number of benzene rings is 2. The summed E-state index contributed by atoms with van der Waals surface area (Å²) in [5.41, 5.74) is 0.659. The summed E-state index contributed by atoms with van der Waals surface area (Å²) in [5.74, 6) is -2.03. The van der Waals surface area contributed by atoms with Crippen LogP contribution in [0.4, 0.5) is 14.5 Å². The molecule has 2 aromatic carbocycles. The molecule has 12 heteroatoms. The molecule has 2 heterocycles. The van der Waals surface area contributed by atoms with E-state index in [9.17, 15) is 9.59 Å². The summed E-state index contributed by atoms with van der Waals surface area (Å²) in [6.45, 7) is 17.0. The number of aromatic nitrogens is 1. The number of halogens is 3. The van der Waals surface area contributed by atoms with Gasteiger partial charge in [0.05, 0.1) is 51.3 Å². The van der Waals surface area contributed by atoms with Crippen molar-refractivity contribution >= 4 is 42.5 Å². The van der Waals surface area contributed by atoms with Gasteiger partial charge in [-0.2, -0.15) is 0 Å². The molecule has 1 aliphatic rings. The molecule has 1 saturated heterocycles. The van der Waals surface area contributed by atoms with Gasteiger partial charge in [-0.05, 0) is 47.3 Å². The van der Waals surface area contributed by atoms with Crippen molar-refractivity contribution in [3.8, 4) is 5.75 Å². The molecule has 252 valence electrons. The second kappa shape index (κ2) is 14.0. The fourth-order valence-electron chi connectivity index (χ4n) is 5.39. The number of ether oxygens (including phenoxy) is 3. The zero-order chi connectivity index (χ0) is 34.1. The zero-order valence-electron chi connectivity index (χ0n) is 28.2. The van der Waals surface area contributed by atoms with E-state index in [0.29, 0.717) is 49.7 Å². The smallest absolute Gasteiger partial charge is 0.343 e. The van der Waals surface area contributed by atoms with Crippen LogP contribution in [0.25, 0.3) is 10.9 Å². The number of esters is 1. The van der Waals surface area contributed by atoms with Gasteiger partial charge in [-0.25, -0.2) is 13.6 Å². The van der Waals surface area contributed by atoms with Crippen molar-refractivity contribution in [3.63, 3.8) is 0 Å². The lowest BCUT2D eigenvalue weighted by molar-refractivity contribution is 0.0597. The Hall–Kier alpha value is -2.99. The van der Waals surface area contributed by atoms with Crippen molar-refractivity contribution in [1.82, 2.24) is 4.57 Å². The molecule has 0 amide bonds. The van der Waals surface area contributed by atoms with E-state index >= 15 is 8.78 Å². The van der Waals surface area contributed by atoms with E-state index < -0.39 is 36.4 Å². The van der Waals surface area contributed by atoms with Gasteiger partial charge in [0.1, 0.15) is 22.2 Å². The summed E-state index contributed by atoms with van der Waals surface area (Å²) in [6.07, 6.45) is 1.48. The van der Waals surface area contributed by atoms with Crippen LogP contribution < -0.4 is 15.1 Å². The topological polar surface area (TPSA) is 79.2 Å². The average molecular weight is 679 g/mol. The van der Waals surface area contributed by atoms with Gasteiger partial charge in [0.25, 0.3) is 0 Å². The van der Waals surface area contributed by atoms with Crippen LogP contribution in [0.15, 0.2) is 29.2 Å². The lowest BCUT2D eigenvalue weighted by atomic mass is 9.98. The van der Waals surface area contributed by atoms with Gasteiger partial charge in [-0.3, -0.25) is 4.79 Å². The highest BCUT2D eigenvalue weighted by atomic mass is 35.5. The summed E-state index contributed by atoms with van der Waals surface area (Å²) in [7, 11) is 0.572. The Morgan fingerprint density at radius 2 is 1.72 bits per heavy atom. The highest BCUT2D eigenvalue weighted by Crippen LogP contribution is 2.39. The molecule has 3 aromatic rings. The van der Waals surface area contributed by atoms with Crippen LogP contribution in [0.1, 0.15) is 62.1 Å². The molecule has 0 unspecified atom stereocenters. The predicted molar refractivity (Wildman–Crippen MR) is 180 cm³/mol. The number of rotatable bonds is 10. The second-order valence-corrected chi connectivity index (χ2v) is 18.8. The first-order valence-corrected chi connectivity index (χ1v) is 18.8. The second-order valence-electron chi connectivity index (χ2n) is 13.6. The molecule has 0 saturated carbocycles. The molecular weight excluding hydrogens is 634 g/mol. The van der Waals surface area contributed by atoms with E-state index in [1.807, 2.05) is 4.57 Å². The number of fused-ring (bicyclic) bond motifs is 1. The van der Waals surface area contributed by atoms with Crippen LogP contribution >= 0.6 is 11.6 Å². The minimum Gasteiger partial charge on any atom is -0.496 e. The average Bonchev–Trinajstić information content (AvgIpc) is 3.01. The predicted octanol–water partition coefficient (Wildman–Crippen LogP) is 7.37. The van der Waals surface area contributed by atoms with Crippen LogP contribution in [0.2, 0.25) is 23.2 Å². The number of pyridine rings is 1. The Kier molecular flexibility index (Phi) is 10.9. The maximum atomic E-state index is 15.5. The van der Waals surface area contributed by atoms with E-state index in [-0.39, 0.29) is 45.6 Å². The van der Waals surface area contributed by atoms with Crippen molar-refractivity contribution in [2.75, 3.05) is 52.0 Å². The number of hydrogen-bond acceptors (Lipinski definition) is 7. The molecule has 1 aliphatic heterocycles. The lowest BCUT2D eigenvalue weighted by Gasteiger charge is -2.38. The van der Waals surface area contributed by atoms with E-state index in [1.54, 1.807) is 17.0 Å². The third-order valence-electron chi connectivity index (χ3n) is 9.32. The van der Waals surface area contributed by atoms with Crippen molar-refractivity contribution in [2.45, 2.75) is 65.2 Å². The molecule has 0 aliphatic carbocycles. The third-order valence-corrected chi connectivity index (χ3v) is 14.2. The van der Waals surface area contributed by atoms with Crippen LogP contribution in [-0.2, 0) is 20.3 Å². The lowest BCUT2D eigenvalue weighted by Crippen LogP contribution is -2.42.